The van der Waals surface area contributed by atoms with Crippen molar-refractivity contribution < 1.29 is 4.79 Å². The quantitative estimate of drug-likeness (QED) is 0.857. The number of nitriles is 1. The van der Waals surface area contributed by atoms with Crippen molar-refractivity contribution >= 4 is 11.7 Å². The summed E-state index contributed by atoms with van der Waals surface area (Å²) in [6, 6.07) is 5.72. The molecule has 122 valence electrons. The van der Waals surface area contributed by atoms with Crippen molar-refractivity contribution in [2.24, 2.45) is 5.92 Å². The van der Waals surface area contributed by atoms with Gasteiger partial charge in [-0.15, -0.1) is 0 Å². The molecule has 0 aliphatic carbocycles. The Morgan fingerprint density at radius 2 is 2.30 bits per heavy atom. The zero-order chi connectivity index (χ0) is 16.1. The minimum Gasteiger partial charge on any atom is -0.369 e. The van der Waals surface area contributed by atoms with Gasteiger partial charge in [-0.25, -0.2) is 4.98 Å². The standard InChI is InChI=1S/C17H23N5O/c18-11-15-3-1-6-19-17(15)20-12-14-5-8-21(13-14)9-10-22-7-2-4-16(22)23/h1,3,6,14H,2,4-5,7-10,12-13H2,(H,19,20)/t14-/m0/s1. The Labute approximate surface area is 137 Å². The molecule has 0 radical (unpaired) electrons. The predicted molar refractivity (Wildman–Crippen MR) is 87.8 cm³/mol. The fourth-order valence-electron chi connectivity index (χ4n) is 3.36. The summed E-state index contributed by atoms with van der Waals surface area (Å²) in [7, 11) is 0. The summed E-state index contributed by atoms with van der Waals surface area (Å²) in [5.74, 6) is 1.55. The molecule has 1 aromatic heterocycles. The number of carbonyl (C=O) groups excluding carboxylic acids is 1. The van der Waals surface area contributed by atoms with E-state index < -0.39 is 0 Å². The highest BCUT2D eigenvalue weighted by molar-refractivity contribution is 5.78. The maximum Gasteiger partial charge on any atom is 0.222 e. The van der Waals surface area contributed by atoms with E-state index in [1.165, 1.54) is 0 Å². The molecule has 6 heteroatoms. The Balaban J connectivity index is 1.41. The van der Waals surface area contributed by atoms with Gasteiger partial charge in [-0.2, -0.15) is 5.26 Å². The lowest BCUT2D eigenvalue weighted by Crippen LogP contribution is -2.35. The van der Waals surface area contributed by atoms with Gasteiger partial charge in [0.15, 0.2) is 0 Å². The van der Waals surface area contributed by atoms with E-state index in [1.54, 1.807) is 18.3 Å². The molecule has 1 atom stereocenters. The normalized spacial score (nSPS) is 21.6. The molecule has 2 aliphatic rings. The number of pyridine rings is 1. The fraction of sp³-hybridized carbons (Fsp3) is 0.588. The van der Waals surface area contributed by atoms with E-state index in [0.717, 1.165) is 58.5 Å². The van der Waals surface area contributed by atoms with Crippen LogP contribution in [0.1, 0.15) is 24.8 Å². The van der Waals surface area contributed by atoms with Crippen LogP contribution in [0.4, 0.5) is 5.82 Å². The molecule has 1 amide bonds. The zero-order valence-corrected chi connectivity index (χ0v) is 13.4. The second kappa shape index (κ2) is 7.42. The molecule has 0 aromatic carbocycles. The number of rotatable bonds is 6. The third kappa shape index (κ3) is 3.99. The van der Waals surface area contributed by atoms with Crippen molar-refractivity contribution in [1.82, 2.24) is 14.8 Å². The maximum atomic E-state index is 11.6. The van der Waals surface area contributed by atoms with Gasteiger partial charge in [0.05, 0.1) is 5.56 Å². The number of nitrogens with zero attached hydrogens (tertiary/aromatic N) is 4. The number of carbonyl (C=O) groups is 1. The first-order chi connectivity index (χ1) is 11.3. The van der Waals surface area contributed by atoms with Gasteiger partial charge in [-0.3, -0.25) is 4.79 Å². The summed E-state index contributed by atoms with van der Waals surface area (Å²) in [5.41, 5.74) is 0.592. The molecule has 23 heavy (non-hydrogen) atoms. The molecule has 3 rings (SSSR count). The number of anilines is 1. The molecule has 0 spiro atoms. The van der Waals surface area contributed by atoms with Crippen LogP contribution in [0.3, 0.4) is 0 Å². The summed E-state index contributed by atoms with van der Waals surface area (Å²) < 4.78 is 0. The number of likely N-dealkylation sites (tertiary alicyclic amines) is 2. The minimum atomic E-state index is 0.307. The van der Waals surface area contributed by atoms with Crippen LogP contribution in [0, 0.1) is 17.2 Å². The second-order valence-corrected chi connectivity index (χ2v) is 6.33. The lowest BCUT2D eigenvalue weighted by molar-refractivity contribution is -0.127. The Morgan fingerprint density at radius 3 is 3.09 bits per heavy atom. The summed E-state index contributed by atoms with van der Waals surface area (Å²) in [5, 5.41) is 12.4. The highest BCUT2D eigenvalue weighted by Crippen LogP contribution is 2.18. The molecule has 2 aliphatic heterocycles. The molecule has 0 bridgehead atoms. The van der Waals surface area contributed by atoms with E-state index in [4.69, 9.17) is 5.26 Å². The molecule has 2 saturated heterocycles. The second-order valence-electron chi connectivity index (χ2n) is 6.33. The van der Waals surface area contributed by atoms with Gasteiger partial charge in [0.25, 0.3) is 0 Å². The lowest BCUT2D eigenvalue weighted by Gasteiger charge is -2.21. The maximum absolute atomic E-state index is 11.6. The topological polar surface area (TPSA) is 72.3 Å². The van der Waals surface area contributed by atoms with Crippen molar-refractivity contribution in [3.63, 3.8) is 0 Å². The molecular weight excluding hydrogens is 290 g/mol. The molecule has 0 saturated carbocycles. The van der Waals surface area contributed by atoms with E-state index in [1.807, 2.05) is 4.90 Å². The number of hydrogen-bond donors (Lipinski definition) is 1. The van der Waals surface area contributed by atoms with E-state index in [9.17, 15) is 4.79 Å². The highest BCUT2D eigenvalue weighted by atomic mass is 16.2. The third-order valence-corrected chi connectivity index (χ3v) is 4.71. The van der Waals surface area contributed by atoms with Crippen LogP contribution >= 0.6 is 0 Å². The van der Waals surface area contributed by atoms with Crippen molar-refractivity contribution in [1.29, 1.82) is 5.26 Å². The van der Waals surface area contributed by atoms with Gasteiger partial charge in [0.2, 0.25) is 5.91 Å². The van der Waals surface area contributed by atoms with Crippen molar-refractivity contribution in [3.8, 4) is 6.07 Å². The minimum absolute atomic E-state index is 0.307. The van der Waals surface area contributed by atoms with Crippen molar-refractivity contribution in [2.45, 2.75) is 19.3 Å². The van der Waals surface area contributed by atoms with E-state index >= 15 is 0 Å². The van der Waals surface area contributed by atoms with Crippen LogP contribution in [-0.2, 0) is 4.79 Å². The van der Waals surface area contributed by atoms with Gasteiger partial charge in [0, 0.05) is 45.3 Å². The summed E-state index contributed by atoms with van der Waals surface area (Å²) >= 11 is 0. The number of aromatic nitrogens is 1. The molecule has 0 unspecified atom stereocenters. The first-order valence-electron chi connectivity index (χ1n) is 8.35. The average Bonchev–Trinajstić information content (AvgIpc) is 3.20. The first kappa shape index (κ1) is 15.8. The summed E-state index contributed by atoms with van der Waals surface area (Å²) in [6.07, 6.45) is 4.58. The van der Waals surface area contributed by atoms with Gasteiger partial charge in [-0.05, 0) is 37.4 Å². The average molecular weight is 313 g/mol. The Bertz CT molecular complexity index is 597. The fourth-order valence-corrected chi connectivity index (χ4v) is 3.36. The summed E-state index contributed by atoms with van der Waals surface area (Å²) in [6.45, 7) is 5.72. The molecular formula is C17H23N5O. The molecule has 3 heterocycles. The van der Waals surface area contributed by atoms with E-state index in [0.29, 0.717) is 23.2 Å². The smallest absolute Gasteiger partial charge is 0.222 e. The van der Waals surface area contributed by atoms with Gasteiger partial charge in [0.1, 0.15) is 11.9 Å². The SMILES string of the molecule is N#Cc1cccnc1NC[C@@H]1CCN(CCN2CCCC2=O)C1. The van der Waals surface area contributed by atoms with Crippen molar-refractivity contribution in [2.75, 3.05) is 44.6 Å². The number of amides is 1. The third-order valence-electron chi connectivity index (χ3n) is 4.71. The van der Waals surface area contributed by atoms with E-state index in [2.05, 4.69) is 21.3 Å². The number of hydrogen-bond acceptors (Lipinski definition) is 5. The van der Waals surface area contributed by atoms with Crippen LogP contribution in [0.25, 0.3) is 0 Å². The van der Waals surface area contributed by atoms with Crippen LogP contribution < -0.4 is 5.32 Å². The van der Waals surface area contributed by atoms with Crippen LogP contribution in [0.2, 0.25) is 0 Å². The summed E-state index contributed by atoms with van der Waals surface area (Å²) in [4.78, 5) is 20.3. The van der Waals surface area contributed by atoms with Crippen LogP contribution in [-0.4, -0.2) is 60.0 Å². The van der Waals surface area contributed by atoms with Crippen molar-refractivity contribution in [3.05, 3.63) is 23.9 Å². The Morgan fingerprint density at radius 1 is 1.39 bits per heavy atom. The lowest BCUT2D eigenvalue weighted by atomic mass is 10.1. The number of nitrogens with one attached hydrogen (secondary N) is 1. The highest BCUT2D eigenvalue weighted by Gasteiger charge is 2.25. The Kier molecular flexibility index (Phi) is 5.09. The predicted octanol–water partition coefficient (Wildman–Crippen LogP) is 1.31. The zero-order valence-electron chi connectivity index (χ0n) is 13.4. The molecule has 1 N–H and O–H groups in total. The largest absolute Gasteiger partial charge is 0.369 e. The monoisotopic (exact) mass is 313 g/mol. The molecule has 1 aromatic rings. The van der Waals surface area contributed by atoms with Gasteiger partial charge in [-0.1, -0.05) is 0 Å². The first-order valence-corrected chi connectivity index (χ1v) is 8.35. The molecule has 6 nitrogen and oxygen atoms in total. The molecule has 2 fully saturated rings. The Hall–Kier alpha value is -2.13. The van der Waals surface area contributed by atoms with Gasteiger partial charge < -0.3 is 15.1 Å². The van der Waals surface area contributed by atoms with Crippen LogP contribution in [0.5, 0.6) is 0 Å². The van der Waals surface area contributed by atoms with E-state index in [-0.39, 0.29) is 0 Å². The van der Waals surface area contributed by atoms with Gasteiger partial charge >= 0.3 is 0 Å². The van der Waals surface area contributed by atoms with Crippen LogP contribution in [0.15, 0.2) is 18.3 Å².